The number of nitrogens with one attached hydrogen (secondary N) is 1. The first kappa shape index (κ1) is 24.2. The van der Waals surface area contributed by atoms with Crippen LogP contribution in [0.5, 0.6) is 0 Å². The van der Waals surface area contributed by atoms with Gasteiger partial charge in [-0.05, 0) is 87.6 Å². The Labute approximate surface area is 245 Å². The molecule has 198 valence electrons. The average molecular weight is 537 g/mol. The lowest BCUT2D eigenvalue weighted by Gasteiger charge is -2.11. The highest BCUT2D eigenvalue weighted by molar-refractivity contribution is 6.10. The summed E-state index contributed by atoms with van der Waals surface area (Å²) in [6.07, 6.45) is 0. The molecule has 2 heteroatoms. The minimum Gasteiger partial charge on any atom is -0.356 e. The van der Waals surface area contributed by atoms with Crippen molar-refractivity contribution in [3.05, 3.63) is 164 Å². The van der Waals surface area contributed by atoms with Crippen molar-refractivity contribution in [1.29, 1.82) is 0 Å². The fraction of sp³-hybridized carbons (Fsp3) is 0. The van der Waals surface area contributed by atoms with Crippen LogP contribution in [0, 0.1) is 0 Å². The SMILES string of the molecule is c1ccc(-n2c3ccccc3c3cc(-c4cccc(Nc5ccc(-c6cccc7ccccc67)cc5)c4)ccc32)cc1. The van der Waals surface area contributed by atoms with Gasteiger partial charge < -0.3 is 9.88 Å². The number of hydrogen-bond donors (Lipinski definition) is 1. The molecule has 7 aromatic carbocycles. The third-order valence-corrected chi connectivity index (χ3v) is 8.16. The van der Waals surface area contributed by atoms with Crippen LogP contribution in [0.15, 0.2) is 164 Å². The normalized spacial score (nSPS) is 11.3. The zero-order valence-electron chi connectivity index (χ0n) is 23.0. The van der Waals surface area contributed by atoms with Crippen LogP contribution in [0.4, 0.5) is 11.4 Å². The summed E-state index contributed by atoms with van der Waals surface area (Å²) in [5.41, 5.74) is 10.6. The molecule has 2 nitrogen and oxygen atoms in total. The highest BCUT2D eigenvalue weighted by atomic mass is 15.0. The number of para-hydroxylation sites is 2. The van der Waals surface area contributed by atoms with E-state index in [9.17, 15) is 0 Å². The molecule has 0 atom stereocenters. The number of rotatable bonds is 5. The Balaban J connectivity index is 1.12. The van der Waals surface area contributed by atoms with Crippen LogP contribution in [-0.2, 0) is 0 Å². The molecular formula is C40H28N2. The summed E-state index contributed by atoms with van der Waals surface area (Å²) in [5, 5.41) is 8.68. The maximum Gasteiger partial charge on any atom is 0.0541 e. The van der Waals surface area contributed by atoms with Crippen molar-refractivity contribution in [3.63, 3.8) is 0 Å². The van der Waals surface area contributed by atoms with Crippen LogP contribution < -0.4 is 5.32 Å². The second kappa shape index (κ2) is 10.1. The fourth-order valence-electron chi connectivity index (χ4n) is 6.16. The van der Waals surface area contributed by atoms with E-state index in [1.165, 1.54) is 60.5 Å². The number of benzene rings is 7. The number of aromatic nitrogens is 1. The topological polar surface area (TPSA) is 17.0 Å². The summed E-state index contributed by atoms with van der Waals surface area (Å²) in [6.45, 7) is 0. The van der Waals surface area contributed by atoms with E-state index in [1.54, 1.807) is 0 Å². The zero-order valence-corrected chi connectivity index (χ0v) is 23.0. The quantitative estimate of drug-likeness (QED) is 0.231. The van der Waals surface area contributed by atoms with Crippen molar-refractivity contribution in [2.45, 2.75) is 0 Å². The predicted octanol–water partition coefficient (Wildman–Crippen LogP) is 11.0. The van der Waals surface area contributed by atoms with Crippen molar-refractivity contribution in [1.82, 2.24) is 4.57 Å². The summed E-state index contributed by atoms with van der Waals surface area (Å²) >= 11 is 0. The number of fused-ring (bicyclic) bond motifs is 4. The lowest BCUT2D eigenvalue weighted by Crippen LogP contribution is -1.93. The highest BCUT2D eigenvalue weighted by Gasteiger charge is 2.13. The molecule has 0 aliphatic heterocycles. The predicted molar refractivity (Wildman–Crippen MR) is 179 cm³/mol. The van der Waals surface area contributed by atoms with Crippen LogP contribution in [-0.4, -0.2) is 4.57 Å². The molecule has 1 aromatic heterocycles. The lowest BCUT2D eigenvalue weighted by atomic mass is 9.98. The lowest BCUT2D eigenvalue weighted by molar-refractivity contribution is 1.18. The number of anilines is 2. The molecule has 0 aliphatic rings. The van der Waals surface area contributed by atoms with Gasteiger partial charge in [0, 0.05) is 27.8 Å². The molecule has 0 aliphatic carbocycles. The van der Waals surface area contributed by atoms with Crippen LogP contribution >= 0.6 is 0 Å². The van der Waals surface area contributed by atoms with Crippen molar-refractivity contribution in [3.8, 4) is 27.9 Å². The first-order valence-corrected chi connectivity index (χ1v) is 14.4. The minimum atomic E-state index is 1.07. The Kier molecular flexibility index (Phi) is 5.82. The summed E-state index contributed by atoms with van der Waals surface area (Å²) < 4.78 is 2.36. The van der Waals surface area contributed by atoms with E-state index in [2.05, 4.69) is 174 Å². The molecule has 0 fully saturated rings. The van der Waals surface area contributed by atoms with Gasteiger partial charge in [-0.3, -0.25) is 0 Å². The minimum absolute atomic E-state index is 1.07. The van der Waals surface area contributed by atoms with Crippen LogP contribution in [0.1, 0.15) is 0 Å². The van der Waals surface area contributed by atoms with Gasteiger partial charge in [0.2, 0.25) is 0 Å². The molecule has 0 bridgehead atoms. The van der Waals surface area contributed by atoms with Gasteiger partial charge in [0.1, 0.15) is 0 Å². The maximum atomic E-state index is 3.62. The molecule has 0 amide bonds. The summed E-state index contributed by atoms with van der Waals surface area (Å²) in [6, 6.07) is 58.5. The molecular weight excluding hydrogens is 508 g/mol. The van der Waals surface area contributed by atoms with E-state index in [0.29, 0.717) is 0 Å². The van der Waals surface area contributed by atoms with Gasteiger partial charge in [-0.2, -0.15) is 0 Å². The van der Waals surface area contributed by atoms with Gasteiger partial charge in [-0.25, -0.2) is 0 Å². The van der Waals surface area contributed by atoms with E-state index in [1.807, 2.05) is 0 Å². The fourth-order valence-corrected chi connectivity index (χ4v) is 6.16. The monoisotopic (exact) mass is 536 g/mol. The van der Waals surface area contributed by atoms with Crippen molar-refractivity contribution < 1.29 is 0 Å². The van der Waals surface area contributed by atoms with E-state index < -0.39 is 0 Å². The van der Waals surface area contributed by atoms with Gasteiger partial charge in [-0.1, -0.05) is 109 Å². The van der Waals surface area contributed by atoms with Gasteiger partial charge >= 0.3 is 0 Å². The van der Waals surface area contributed by atoms with Gasteiger partial charge in [-0.15, -0.1) is 0 Å². The smallest absolute Gasteiger partial charge is 0.0541 e. The molecule has 0 saturated heterocycles. The Morgan fingerprint density at radius 1 is 0.381 bits per heavy atom. The van der Waals surface area contributed by atoms with Crippen LogP contribution in [0.2, 0.25) is 0 Å². The third-order valence-electron chi connectivity index (χ3n) is 8.16. The molecule has 0 saturated carbocycles. The summed E-state index contributed by atoms with van der Waals surface area (Å²) in [7, 11) is 0. The highest BCUT2D eigenvalue weighted by Crippen LogP contribution is 2.36. The second-order valence-electron chi connectivity index (χ2n) is 10.7. The number of hydrogen-bond acceptors (Lipinski definition) is 1. The molecule has 8 rings (SSSR count). The standard InChI is InChI=1S/C40H28N2/c1-2-14-34(15-3-1)42-39-19-7-6-17-37(39)38-27-31(22-25-40(38)42)30-12-8-13-33(26-30)41-32-23-20-29(21-24-32)36-18-9-11-28-10-4-5-16-35(28)36/h1-27,41H. The maximum absolute atomic E-state index is 3.62. The molecule has 0 unspecified atom stereocenters. The van der Waals surface area contributed by atoms with Crippen LogP contribution in [0.25, 0.3) is 60.5 Å². The van der Waals surface area contributed by atoms with Crippen LogP contribution in [0.3, 0.4) is 0 Å². The van der Waals surface area contributed by atoms with Crippen molar-refractivity contribution in [2.24, 2.45) is 0 Å². The Hall–Kier alpha value is -5.60. The van der Waals surface area contributed by atoms with E-state index in [0.717, 1.165) is 11.4 Å². The first-order valence-electron chi connectivity index (χ1n) is 14.4. The Morgan fingerprint density at radius 3 is 1.93 bits per heavy atom. The van der Waals surface area contributed by atoms with Gasteiger partial charge in [0.05, 0.1) is 11.0 Å². The molecule has 8 aromatic rings. The third kappa shape index (κ3) is 4.22. The molecule has 0 radical (unpaired) electrons. The van der Waals surface area contributed by atoms with Gasteiger partial charge in [0.15, 0.2) is 0 Å². The molecule has 0 spiro atoms. The molecule has 1 N–H and O–H groups in total. The zero-order chi connectivity index (χ0) is 27.9. The van der Waals surface area contributed by atoms with E-state index in [4.69, 9.17) is 0 Å². The van der Waals surface area contributed by atoms with E-state index in [-0.39, 0.29) is 0 Å². The van der Waals surface area contributed by atoms with Gasteiger partial charge in [0.25, 0.3) is 0 Å². The molecule has 42 heavy (non-hydrogen) atoms. The van der Waals surface area contributed by atoms with E-state index >= 15 is 0 Å². The summed E-state index contributed by atoms with van der Waals surface area (Å²) in [4.78, 5) is 0. The number of nitrogens with zero attached hydrogens (tertiary/aromatic N) is 1. The second-order valence-corrected chi connectivity index (χ2v) is 10.7. The summed E-state index contributed by atoms with van der Waals surface area (Å²) in [5.74, 6) is 0. The van der Waals surface area contributed by atoms with Crippen molar-refractivity contribution in [2.75, 3.05) is 5.32 Å². The average Bonchev–Trinajstić information content (AvgIpc) is 3.39. The van der Waals surface area contributed by atoms with Crippen molar-refractivity contribution >= 4 is 44.0 Å². The Morgan fingerprint density at radius 2 is 1.05 bits per heavy atom. The Bertz CT molecular complexity index is 2200. The first-order chi connectivity index (χ1) is 20.8. The largest absolute Gasteiger partial charge is 0.356 e. The molecule has 1 heterocycles.